The van der Waals surface area contributed by atoms with Crippen molar-refractivity contribution in [1.82, 2.24) is 0 Å². The highest BCUT2D eigenvalue weighted by atomic mass is 16.6. The lowest BCUT2D eigenvalue weighted by Gasteiger charge is -2.11. The summed E-state index contributed by atoms with van der Waals surface area (Å²) in [6.07, 6.45) is 1.42. The zero-order valence-corrected chi connectivity index (χ0v) is 12.5. The molecule has 7 heteroatoms. The van der Waals surface area contributed by atoms with Gasteiger partial charge in [0, 0.05) is 20.8 Å². The van der Waals surface area contributed by atoms with Gasteiger partial charge in [0.25, 0.3) is 0 Å². The van der Waals surface area contributed by atoms with Crippen molar-refractivity contribution in [2.45, 2.75) is 33.0 Å². The molecule has 0 aliphatic heterocycles. The van der Waals surface area contributed by atoms with E-state index in [1.807, 2.05) is 0 Å². The summed E-state index contributed by atoms with van der Waals surface area (Å²) in [4.78, 5) is 30.9. The highest BCUT2D eigenvalue weighted by Gasteiger charge is 2.08. The monoisotopic (exact) mass is 302 g/mol. The molecule has 0 aliphatic carbocycles. The maximum Gasteiger partial charge on any atom is 0.303 e. The summed E-state index contributed by atoms with van der Waals surface area (Å²) in [5, 5.41) is 8.71. The molecule has 120 valence electrons. The number of hydrogen-bond donors (Lipinski definition) is 1. The highest BCUT2D eigenvalue weighted by Crippen LogP contribution is 1.95. The Hall–Kier alpha value is -2.15. The maximum absolute atomic E-state index is 10.4. The number of esters is 3. The lowest BCUT2D eigenvalue weighted by atomic mass is 10.4. The molecule has 21 heavy (non-hydrogen) atoms. The van der Waals surface area contributed by atoms with Crippen molar-refractivity contribution in [3.8, 4) is 0 Å². The van der Waals surface area contributed by atoms with Gasteiger partial charge >= 0.3 is 17.9 Å². The van der Waals surface area contributed by atoms with Crippen LogP contribution in [0.3, 0.4) is 0 Å². The molecule has 0 radical (unpaired) electrons. The Balaban J connectivity index is 0. The number of carbonyl (C=O) groups excluding carboxylic acids is 3. The van der Waals surface area contributed by atoms with E-state index >= 15 is 0 Å². The number of hydrogen-bond acceptors (Lipinski definition) is 7. The number of ether oxygens (including phenoxy) is 3. The topological polar surface area (TPSA) is 99.1 Å². The van der Waals surface area contributed by atoms with Crippen LogP contribution in [-0.2, 0) is 28.6 Å². The van der Waals surface area contributed by atoms with Crippen molar-refractivity contribution in [3.63, 3.8) is 0 Å². The quantitative estimate of drug-likeness (QED) is 0.421. The highest BCUT2D eigenvalue weighted by molar-refractivity contribution is 5.67. The van der Waals surface area contributed by atoms with Crippen molar-refractivity contribution in [1.29, 1.82) is 0 Å². The van der Waals surface area contributed by atoms with E-state index in [0.717, 1.165) is 0 Å². The van der Waals surface area contributed by atoms with E-state index in [4.69, 9.17) is 9.84 Å². The van der Waals surface area contributed by atoms with Crippen molar-refractivity contribution in [2.24, 2.45) is 0 Å². The molecule has 0 saturated heterocycles. The van der Waals surface area contributed by atoms with Crippen LogP contribution in [0, 0.1) is 0 Å². The van der Waals surface area contributed by atoms with Gasteiger partial charge in [0.05, 0.1) is 0 Å². The zero-order chi connectivity index (χ0) is 16.8. The van der Waals surface area contributed by atoms with Crippen molar-refractivity contribution < 1.29 is 33.7 Å². The largest absolute Gasteiger partial charge is 0.463 e. The minimum absolute atomic E-state index is 0.00116. The van der Waals surface area contributed by atoms with Crippen molar-refractivity contribution in [3.05, 3.63) is 25.3 Å². The van der Waals surface area contributed by atoms with Gasteiger partial charge in [-0.2, -0.15) is 0 Å². The summed E-state index contributed by atoms with van der Waals surface area (Å²) < 4.78 is 13.8. The molecule has 0 rings (SSSR count). The molecule has 0 aromatic carbocycles. The standard InChI is InChI=1S/C8H12O4.C6H10O3/c1-4-8(12-7(3)10)5-11-6(2)9;1-3-6(8)4-9-5(2)7/h4,8H,1,5H2,2-3H3;3,6,8H,1,4H2,2H3. The molecule has 2 atom stereocenters. The predicted octanol–water partition coefficient (Wildman–Crippen LogP) is 0.764. The average molecular weight is 302 g/mol. The van der Waals surface area contributed by atoms with Gasteiger partial charge in [-0.25, -0.2) is 0 Å². The first-order valence-electron chi connectivity index (χ1n) is 6.10. The normalized spacial score (nSPS) is 11.8. The minimum Gasteiger partial charge on any atom is -0.463 e. The van der Waals surface area contributed by atoms with Crippen molar-refractivity contribution >= 4 is 17.9 Å². The molecule has 2 unspecified atom stereocenters. The molecule has 1 N–H and O–H groups in total. The molecule has 0 aromatic rings. The summed E-state index contributed by atoms with van der Waals surface area (Å²) in [5.41, 5.74) is 0. The summed E-state index contributed by atoms with van der Waals surface area (Å²) in [6.45, 7) is 10.6. The molecule has 0 amide bonds. The first-order valence-corrected chi connectivity index (χ1v) is 6.10. The Morgan fingerprint density at radius 3 is 1.76 bits per heavy atom. The van der Waals surface area contributed by atoms with Gasteiger partial charge in [-0.15, -0.1) is 6.58 Å². The van der Waals surface area contributed by atoms with E-state index < -0.39 is 30.1 Å². The van der Waals surface area contributed by atoms with Crippen LogP contribution in [0.4, 0.5) is 0 Å². The third kappa shape index (κ3) is 17.9. The van der Waals surface area contributed by atoms with E-state index in [0.29, 0.717) is 0 Å². The minimum atomic E-state index is -0.742. The molecular weight excluding hydrogens is 280 g/mol. The molecule has 0 bridgehead atoms. The Morgan fingerprint density at radius 2 is 1.43 bits per heavy atom. The second-order valence-electron chi connectivity index (χ2n) is 3.79. The third-order valence-electron chi connectivity index (χ3n) is 1.76. The van der Waals surface area contributed by atoms with Gasteiger partial charge in [0.1, 0.15) is 19.3 Å². The zero-order valence-electron chi connectivity index (χ0n) is 12.5. The Labute approximate surface area is 124 Å². The van der Waals surface area contributed by atoms with Crippen molar-refractivity contribution in [2.75, 3.05) is 13.2 Å². The smallest absolute Gasteiger partial charge is 0.303 e. The van der Waals surface area contributed by atoms with Gasteiger partial charge in [-0.1, -0.05) is 12.7 Å². The van der Waals surface area contributed by atoms with Crippen LogP contribution in [0.5, 0.6) is 0 Å². The second kappa shape index (κ2) is 12.9. The Bertz CT molecular complexity index is 362. The molecule has 7 nitrogen and oxygen atoms in total. The Kier molecular flexibility index (Phi) is 13.0. The van der Waals surface area contributed by atoms with Crippen LogP contribution < -0.4 is 0 Å². The summed E-state index contributed by atoms with van der Waals surface area (Å²) in [6, 6.07) is 0. The van der Waals surface area contributed by atoms with Gasteiger partial charge < -0.3 is 19.3 Å². The van der Waals surface area contributed by atoms with E-state index in [1.165, 1.54) is 32.9 Å². The average Bonchev–Trinajstić information content (AvgIpc) is 2.40. The summed E-state index contributed by atoms with van der Waals surface area (Å²) >= 11 is 0. The molecule has 0 saturated carbocycles. The fourth-order valence-corrected chi connectivity index (χ4v) is 0.834. The first-order chi connectivity index (χ1) is 9.72. The number of aliphatic hydroxyl groups excluding tert-OH is 1. The van der Waals surface area contributed by atoms with Gasteiger partial charge in [-0.05, 0) is 6.08 Å². The van der Waals surface area contributed by atoms with Crippen LogP contribution in [0.15, 0.2) is 25.3 Å². The van der Waals surface area contributed by atoms with Crippen LogP contribution >= 0.6 is 0 Å². The van der Waals surface area contributed by atoms with E-state index in [9.17, 15) is 14.4 Å². The maximum atomic E-state index is 10.4. The summed E-state index contributed by atoms with van der Waals surface area (Å²) in [7, 11) is 0. The molecule has 0 aliphatic rings. The van der Waals surface area contributed by atoms with Gasteiger partial charge in [0.2, 0.25) is 0 Å². The molecule has 0 heterocycles. The van der Waals surface area contributed by atoms with E-state index in [2.05, 4.69) is 22.6 Å². The number of carbonyl (C=O) groups is 3. The van der Waals surface area contributed by atoms with Crippen LogP contribution in [0.25, 0.3) is 0 Å². The predicted molar refractivity (Wildman–Crippen MR) is 75.2 cm³/mol. The number of rotatable bonds is 7. The van der Waals surface area contributed by atoms with Crippen LogP contribution in [0.2, 0.25) is 0 Å². The lowest BCUT2D eigenvalue weighted by Crippen LogP contribution is -2.21. The molecule has 0 aromatic heterocycles. The van der Waals surface area contributed by atoms with E-state index in [1.54, 1.807) is 0 Å². The third-order valence-corrected chi connectivity index (χ3v) is 1.76. The summed E-state index contributed by atoms with van der Waals surface area (Å²) in [5.74, 6) is -1.23. The Morgan fingerprint density at radius 1 is 0.952 bits per heavy atom. The molecule has 0 spiro atoms. The van der Waals surface area contributed by atoms with Gasteiger partial charge in [0.15, 0.2) is 6.10 Å². The van der Waals surface area contributed by atoms with Gasteiger partial charge in [-0.3, -0.25) is 14.4 Å². The fourth-order valence-electron chi connectivity index (χ4n) is 0.834. The lowest BCUT2D eigenvalue weighted by molar-refractivity contribution is -0.153. The molecular formula is C14H22O7. The van der Waals surface area contributed by atoms with Crippen LogP contribution in [0.1, 0.15) is 20.8 Å². The molecule has 0 fully saturated rings. The van der Waals surface area contributed by atoms with E-state index in [-0.39, 0.29) is 13.2 Å². The number of aliphatic hydroxyl groups is 1. The fraction of sp³-hybridized carbons (Fsp3) is 0.500. The first kappa shape index (κ1) is 21.2. The SMILES string of the molecule is C=CC(COC(C)=O)OC(C)=O.C=CC(O)COC(C)=O. The second-order valence-corrected chi connectivity index (χ2v) is 3.79. The van der Waals surface area contributed by atoms with Crippen LogP contribution in [-0.4, -0.2) is 48.4 Å².